The molecule has 0 saturated heterocycles. The van der Waals surface area contributed by atoms with Crippen molar-refractivity contribution in [2.75, 3.05) is 26.1 Å². The van der Waals surface area contributed by atoms with Crippen LogP contribution in [0.2, 0.25) is 0 Å². The van der Waals surface area contributed by atoms with Gasteiger partial charge in [0.1, 0.15) is 11.6 Å². The number of nitrogens with two attached hydrogens (primary N) is 1. The van der Waals surface area contributed by atoms with Crippen molar-refractivity contribution in [1.82, 2.24) is 9.55 Å². The molecule has 0 saturated carbocycles. The quantitative estimate of drug-likeness (QED) is 0.796. The van der Waals surface area contributed by atoms with Crippen LogP contribution >= 0.6 is 0 Å². The number of hydrogen-bond acceptors (Lipinski definition) is 5. The Morgan fingerprint density at radius 2 is 2.11 bits per heavy atom. The van der Waals surface area contributed by atoms with Crippen molar-refractivity contribution < 1.29 is 14.3 Å². The number of esters is 1. The number of aryl methyl sites for hydroxylation is 1. The number of rotatable bonds is 6. The molecule has 0 bridgehead atoms. The van der Waals surface area contributed by atoms with Gasteiger partial charge >= 0.3 is 5.97 Å². The molecule has 108 valence electrons. The zero-order valence-electron chi connectivity index (χ0n) is 12.3. The molecule has 1 heterocycles. The molecule has 6 heteroatoms. The van der Waals surface area contributed by atoms with Crippen LogP contribution in [0, 0.1) is 12.8 Å². The maximum absolute atomic E-state index is 11.8. The first-order valence-electron chi connectivity index (χ1n) is 6.44. The predicted octanol–water partition coefficient (Wildman–Crippen LogP) is 1.79. The second-order valence-electron chi connectivity index (χ2n) is 4.75. The van der Waals surface area contributed by atoms with E-state index in [1.807, 2.05) is 11.5 Å². The summed E-state index contributed by atoms with van der Waals surface area (Å²) in [6.07, 6.45) is 0. The summed E-state index contributed by atoms with van der Waals surface area (Å²) in [5.41, 5.74) is 6.23. The highest BCUT2D eigenvalue weighted by Crippen LogP contribution is 2.26. The predicted molar refractivity (Wildman–Crippen MR) is 73.1 cm³/mol. The van der Waals surface area contributed by atoms with Crippen LogP contribution in [-0.4, -0.2) is 35.8 Å². The molecule has 0 aliphatic carbocycles. The van der Waals surface area contributed by atoms with Crippen molar-refractivity contribution in [2.24, 2.45) is 5.92 Å². The third kappa shape index (κ3) is 3.26. The average molecular weight is 269 g/mol. The summed E-state index contributed by atoms with van der Waals surface area (Å²) in [6.45, 7) is 8.54. The van der Waals surface area contributed by atoms with Crippen molar-refractivity contribution in [2.45, 2.75) is 33.7 Å². The van der Waals surface area contributed by atoms with E-state index in [0.29, 0.717) is 30.8 Å². The Balaban J connectivity index is 3.17. The van der Waals surface area contributed by atoms with Gasteiger partial charge in [-0.3, -0.25) is 0 Å². The monoisotopic (exact) mass is 269 g/mol. The summed E-state index contributed by atoms with van der Waals surface area (Å²) in [7, 11) is 1.64. The number of aromatic nitrogens is 2. The first kappa shape index (κ1) is 15.5. The van der Waals surface area contributed by atoms with Crippen LogP contribution in [0.3, 0.4) is 0 Å². The van der Waals surface area contributed by atoms with Gasteiger partial charge in [0.05, 0.1) is 19.3 Å². The van der Waals surface area contributed by atoms with Crippen molar-refractivity contribution in [3.8, 4) is 0 Å². The highest BCUT2D eigenvalue weighted by Gasteiger charge is 2.25. The van der Waals surface area contributed by atoms with Crippen molar-refractivity contribution in [1.29, 1.82) is 0 Å². The molecule has 6 nitrogen and oxygen atoms in total. The molecule has 0 amide bonds. The fraction of sp³-hybridized carbons (Fsp3) is 0.692. The molecule has 19 heavy (non-hydrogen) atoms. The third-order valence-electron chi connectivity index (χ3n) is 3.03. The van der Waals surface area contributed by atoms with E-state index < -0.39 is 5.97 Å². The third-order valence-corrected chi connectivity index (χ3v) is 3.03. The summed E-state index contributed by atoms with van der Waals surface area (Å²) in [5.74, 6) is 0.856. The number of ether oxygens (including phenoxy) is 2. The van der Waals surface area contributed by atoms with E-state index in [-0.39, 0.29) is 11.7 Å². The van der Waals surface area contributed by atoms with Gasteiger partial charge in [-0.25, -0.2) is 9.78 Å². The first-order valence-corrected chi connectivity index (χ1v) is 6.44. The number of hydrogen-bond donors (Lipinski definition) is 1. The zero-order valence-corrected chi connectivity index (χ0v) is 12.3. The van der Waals surface area contributed by atoms with Gasteiger partial charge < -0.3 is 19.8 Å². The van der Waals surface area contributed by atoms with Crippen LogP contribution in [0.1, 0.15) is 43.1 Å². The molecule has 0 radical (unpaired) electrons. The van der Waals surface area contributed by atoms with Crippen LogP contribution in [0.4, 0.5) is 5.82 Å². The van der Waals surface area contributed by atoms with Crippen molar-refractivity contribution >= 4 is 11.8 Å². The summed E-state index contributed by atoms with van der Waals surface area (Å²) in [5, 5.41) is 0. The molecule has 1 atom stereocenters. The second kappa shape index (κ2) is 6.56. The van der Waals surface area contributed by atoms with E-state index in [1.54, 1.807) is 14.0 Å². The number of carbonyl (C=O) groups excluding carboxylic acids is 1. The largest absolute Gasteiger partial charge is 0.461 e. The Morgan fingerprint density at radius 3 is 2.58 bits per heavy atom. The molecule has 2 N–H and O–H groups in total. The number of imidazole rings is 1. The Morgan fingerprint density at radius 1 is 1.47 bits per heavy atom. The SMILES string of the molecule is CCOC(=O)c1nc(C)n(C(COC)C(C)C)c1N. The van der Waals surface area contributed by atoms with Crippen LogP contribution in [0.5, 0.6) is 0 Å². The molecule has 1 unspecified atom stereocenters. The van der Waals surface area contributed by atoms with Gasteiger partial charge in [0.2, 0.25) is 0 Å². The summed E-state index contributed by atoms with van der Waals surface area (Å²) < 4.78 is 12.0. The van der Waals surface area contributed by atoms with Gasteiger partial charge in [0.25, 0.3) is 0 Å². The first-order chi connectivity index (χ1) is 8.93. The fourth-order valence-electron chi connectivity index (χ4n) is 2.07. The van der Waals surface area contributed by atoms with Crippen LogP contribution in [0.25, 0.3) is 0 Å². The van der Waals surface area contributed by atoms with Gasteiger partial charge in [0.15, 0.2) is 5.69 Å². The van der Waals surface area contributed by atoms with Crippen LogP contribution < -0.4 is 5.73 Å². The molecule has 0 aromatic carbocycles. The molecule has 1 aromatic heterocycles. The van der Waals surface area contributed by atoms with Crippen molar-refractivity contribution in [3.63, 3.8) is 0 Å². The van der Waals surface area contributed by atoms with Gasteiger partial charge in [-0.15, -0.1) is 0 Å². The second-order valence-corrected chi connectivity index (χ2v) is 4.75. The summed E-state index contributed by atoms with van der Waals surface area (Å²) in [4.78, 5) is 16.0. The van der Waals surface area contributed by atoms with Gasteiger partial charge in [-0.1, -0.05) is 13.8 Å². The summed E-state index contributed by atoms with van der Waals surface area (Å²) in [6, 6.07) is 0.0423. The smallest absolute Gasteiger partial charge is 0.360 e. The molecule has 0 fully saturated rings. The molecule has 0 spiro atoms. The van der Waals surface area contributed by atoms with E-state index >= 15 is 0 Å². The van der Waals surface area contributed by atoms with Gasteiger partial charge in [-0.05, 0) is 19.8 Å². The maximum atomic E-state index is 11.8. The minimum Gasteiger partial charge on any atom is -0.461 e. The molecular weight excluding hydrogens is 246 g/mol. The summed E-state index contributed by atoms with van der Waals surface area (Å²) >= 11 is 0. The van der Waals surface area contributed by atoms with E-state index in [9.17, 15) is 4.79 Å². The topological polar surface area (TPSA) is 79.4 Å². The van der Waals surface area contributed by atoms with Crippen molar-refractivity contribution in [3.05, 3.63) is 11.5 Å². The Kier molecular flexibility index (Phi) is 5.35. The molecule has 0 aliphatic heterocycles. The number of anilines is 1. The lowest BCUT2D eigenvalue weighted by molar-refractivity contribution is 0.0521. The highest BCUT2D eigenvalue weighted by atomic mass is 16.5. The minimum atomic E-state index is -0.484. The number of nitrogen functional groups attached to an aromatic ring is 1. The fourth-order valence-corrected chi connectivity index (χ4v) is 2.07. The minimum absolute atomic E-state index is 0.0423. The molecule has 0 aliphatic rings. The molecule has 1 rings (SSSR count). The number of nitrogens with zero attached hydrogens (tertiary/aromatic N) is 2. The molecular formula is C13H23N3O3. The van der Waals surface area contributed by atoms with E-state index in [1.165, 1.54) is 0 Å². The Hall–Kier alpha value is -1.56. The Labute approximate surface area is 113 Å². The van der Waals surface area contributed by atoms with E-state index in [0.717, 1.165) is 0 Å². The van der Waals surface area contributed by atoms with Crippen LogP contribution in [-0.2, 0) is 9.47 Å². The highest BCUT2D eigenvalue weighted by molar-refractivity contribution is 5.92. The zero-order chi connectivity index (χ0) is 14.6. The number of methoxy groups -OCH3 is 1. The van der Waals surface area contributed by atoms with Gasteiger partial charge in [-0.2, -0.15) is 0 Å². The maximum Gasteiger partial charge on any atom is 0.360 e. The van der Waals surface area contributed by atoms with Crippen LogP contribution in [0.15, 0.2) is 0 Å². The lowest BCUT2D eigenvalue weighted by atomic mass is 10.0. The van der Waals surface area contributed by atoms with Gasteiger partial charge in [0, 0.05) is 7.11 Å². The number of carbonyl (C=O) groups is 1. The lowest BCUT2D eigenvalue weighted by Gasteiger charge is -2.24. The average Bonchev–Trinajstić information content (AvgIpc) is 2.62. The Bertz CT molecular complexity index is 441. The standard InChI is InChI=1S/C13H23N3O3/c1-6-19-13(17)11-12(14)16(9(4)15-11)10(7-18-5)8(2)3/h8,10H,6-7,14H2,1-5H3. The molecule has 1 aromatic rings. The van der Waals surface area contributed by atoms with E-state index in [2.05, 4.69) is 18.8 Å². The normalized spacial score (nSPS) is 12.7. The lowest BCUT2D eigenvalue weighted by Crippen LogP contribution is -2.23. The van der Waals surface area contributed by atoms with E-state index in [4.69, 9.17) is 15.2 Å².